The van der Waals surface area contributed by atoms with Crippen molar-refractivity contribution >= 4 is 40.1 Å². The van der Waals surface area contributed by atoms with Crippen LogP contribution in [-0.4, -0.2) is 64.8 Å². The number of carbonyl (C=O) groups is 2. The van der Waals surface area contributed by atoms with E-state index in [2.05, 4.69) is 15.7 Å². The van der Waals surface area contributed by atoms with Crippen molar-refractivity contribution in [2.45, 2.75) is 65.3 Å². The Morgan fingerprint density at radius 3 is 2.08 bits per heavy atom. The largest absolute Gasteiger partial charge is 0.463 e. The Morgan fingerprint density at radius 2 is 1.58 bits per heavy atom. The lowest BCUT2D eigenvalue weighted by molar-refractivity contribution is -0.194. The Bertz CT molecular complexity index is 994. The molecule has 0 heterocycles. The molecule has 2 atom stereocenters. The van der Waals surface area contributed by atoms with Gasteiger partial charge in [0.1, 0.15) is 11.4 Å². The number of thioether (sulfide) groups is 1. The normalized spacial score (nSPS) is 15.2. The minimum Gasteiger partial charge on any atom is -0.463 e. The van der Waals surface area contributed by atoms with E-state index in [-0.39, 0.29) is 19.4 Å². The van der Waals surface area contributed by atoms with Gasteiger partial charge in [-0.3, -0.25) is 9.59 Å². The number of nitrogens with zero attached hydrogens (tertiary/aromatic N) is 2. The first-order valence-corrected chi connectivity index (χ1v) is 13.6. The van der Waals surface area contributed by atoms with Crippen LogP contribution in [-0.2, 0) is 19.1 Å². The number of alkyl halides is 3. The van der Waals surface area contributed by atoms with Crippen molar-refractivity contribution in [1.82, 2.24) is 4.90 Å². The first-order chi connectivity index (χ1) is 17.5. The van der Waals surface area contributed by atoms with E-state index in [1.165, 1.54) is 6.92 Å². The highest BCUT2D eigenvalue weighted by Gasteiger charge is 2.50. The van der Waals surface area contributed by atoms with Gasteiger partial charge in [-0.05, 0) is 59.2 Å². The van der Waals surface area contributed by atoms with Crippen LogP contribution >= 0.6 is 24.0 Å². The first-order valence-electron chi connectivity index (χ1n) is 12.3. The highest BCUT2D eigenvalue weighted by molar-refractivity contribution is 8.25. The number of hydrogen-bond donors (Lipinski definition) is 0. The van der Waals surface area contributed by atoms with E-state index < -0.39 is 40.3 Å². The highest BCUT2D eigenvalue weighted by Crippen LogP contribution is 2.46. The van der Waals surface area contributed by atoms with Crippen LogP contribution in [0.2, 0.25) is 0 Å². The molecule has 38 heavy (non-hydrogen) atoms. The van der Waals surface area contributed by atoms with Crippen LogP contribution in [0.1, 0.15) is 59.9 Å². The summed E-state index contributed by atoms with van der Waals surface area (Å²) < 4.78 is 47.8. The number of thiocarbonyl (C=S) groups is 1. The summed E-state index contributed by atoms with van der Waals surface area (Å²) in [6, 6.07) is 11.0. The average molecular weight is 575 g/mol. The molecule has 212 valence electrons. The monoisotopic (exact) mass is 574 g/mol. The molecule has 0 radical (unpaired) electrons. The Hall–Kier alpha value is -2.16. The van der Waals surface area contributed by atoms with E-state index >= 15 is 0 Å². The fraction of sp³-hybridized carbons (Fsp3) is 0.630. The van der Waals surface area contributed by atoms with Crippen LogP contribution < -0.4 is 0 Å². The summed E-state index contributed by atoms with van der Waals surface area (Å²) in [6.45, 7) is 10.4. The number of benzene rings is 1. The van der Waals surface area contributed by atoms with Gasteiger partial charge in [0.2, 0.25) is 0 Å². The SMILES string of the molecule is CCN(CC)CCOC(=O)C(C)(CC(C)(CC(C)(C)C#N)C(=O)OCC(F)(F)F)SC(=S)c1ccccc1. The third kappa shape index (κ3) is 10.9. The molecular weight excluding hydrogens is 537 g/mol. The molecule has 1 aromatic carbocycles. The van der Waals surface area contributed by atoms with Gasteiger partial charge in [-0.25, -0.2) is 0 Å². The second-order valence-corrected chi connectivity index (χ2v) is 12.4. The van der Waals surface area contributed by atoms with E-state index in [1.54, 1.807) is 45.0 Å². The van der Waals surface area contributed by atoms with E-state index in [0.29, 0.717) is 16.3 Å². The summed E-state index contributed by atoms with van der Waals surface area (Å²) in [5.74, 6) is -1.80. The fourth-order valence-electron chi connectivity index (χ4n) is 4.24. The van der Waals surface area contributed by atoms with Gasteiger partial charge in [-0.15, -0.1) is 0 Å². The lowest BCUT2D eigenvalue weighted by Crippen LogP contribution is -2.46. The molecule has 0 aliphatic carbocycles. The highest BCUT2D eigenvalue weighted by atomic mass is 32.2. The summed E-state index contributed by atoms with van der Waals surface area (Å²) in [4.78, 5) is 28.7. The number of hydrogen-bond acceptors (Lipinski definition) is 8. The molecule has 0 amide bonds. The van der Waals surface area contributed by atoms with Crippen LogP contribution in [0.15, 0.2) is 30.3 Å². The van der Waals surface area contributed by atoms with Gasteiger partial charge in [0.25, 0.3) is 0 Å². The zero-order chi connectivity index (χ0) is 29.2. The van der Waals surface area contributed by atoms with Crippen LogP contribution in [0.3, 0.4) is 0 Å². The van der Waals surface area contributed by atoms with E-state index in [4.69, 9.17) is 17.0 Å². The van der Waals surface area contributed by atoms with Crippen molar-refractivity contribution < 1.29 is 32.2 Å². The second-order valence-electron chi connectivity index (χ2n) is 10.3. The predicted molar refractivity (Wildman–Crippen MR) is 147 cm³/mol. The molecule has 6 nitrogen and oxygen atoms in total. The minimum absolute atomic E-state index is 0.0910. The molecule has 0 spiro atoms. The fourth-order valence-corrected chi connectivity index (χ4v) is 6.12. The molecule has 1 rings (SSSR count). The molecule has 0 N–H and O–H groups in total. The van der Waals surface area contributed by atoms with Gasteiger partial charge >= 0.3 is 18.1 Å². The summed E-state index contributed by atoms with van der Waals surface area (Å²) in [7, 11) is 0. The summed E-state index contributed by atoms with van der Waals surface area (Å²) >= 11 is 6.61. The van der Waals surface area contributed by atoms with Gasteiger partial charge < -0.3 is 14.4 Å². The van der Waals surface area contributed by atoms with E-state index in [9.17, 15) is 28.0 Å². The third-order valence-electron chi connectivity index (χ3n) is 6.02. The number of nitriles is 1. The third-order valence-corrected chi connectivity index (χ3v) is 7.68. The van der Waals surface area contributed by atoms with Gasteiger partial charge in [0.15, 0.2) is 6.61 Å². The maximum atomic E-state index is 13.5. The molecule has 0 aliphatic heterocycles. The number of esters is 2. The second kappa shape index (κ2) is 14.3. The van der Waals surface area contributed by atoms with E-state index in [1.807, 2.05) is 19.9 Å². The molecule has 0 saturated carbocycles. The maximum Gasteiger partial charge on any atom is 0.422 e. The van der Waals surface area contributed by atoms with Gasteiger partial charge in [-0.2, -0.15) is 18.4 Å². The Balaban J connectivity index is 3.39. The smallest absolute Gasteiger partial charge is 0.422 e. The van der Waals surface area contributed by atoms with Crippen LogP contribution in [0, 0.1) is 22.2 Å². The molecule has 0 fully saturated rings. The van der Waals surface area contributed by atoms with Crippen molar-refractivity contribution in [3.05, 3.63) is 35.9 Å². The number of ether oxygens (including phenoxy) is 2. The molecular formula is C27H37F3N2O4S2. The molecule has 0 aromatic heterocycles. The van der Waals surface area contributed by atoms with Gasteiger partial charge in [0.05, 0.1) is 21.1 Å². The molecule has 0 aliphatic rings. The lowest BCUT2D eigenvalue weighted by atomic mass is 9.70. The number of halogens is 3. The first kappa shape index (κ1) is 33.9. The van der Waals surface area contributed by atoms with Gasteiger partial charge in [0, 0.05) is 6.54 Å². The summed E-state index contributed by atoms with van der Waals surface area (Å²) in [6.07, 6.45) is -5.13. The molecule has 2 unspecified atom stereocenters. The van der Waals surface area contributed by atoms with Crippen LogP contribution in [0.4, 0.5) is 13.2 Å². The minimum atomic E-state index is -4.72. The van der Waals surface area contributed by atoms with Gasteiger partial charge in [-0.1, -0.05) is 68.2 Å². The van der Waals surface area contributed by atoms with Crippen molar-refractivity contribution in [1.29, 1.82) is 5.26 Å². The molecule has 11 heteroatoms. The standard InChI is InChI=1S/C27H37F3N2O4S2/c1-7-32(8-2)14-15-35-23(34)26(6,38-21(37)20-12-10-9-11-13-20)17-25(5,16-24(3,4)18-31)22(33)36-19-27(28,29)30/h9-13H,7-8,14-17,19H2,1-6H3. The Labute approximate surface area is 233 Å². The number of likely N-dealkylation sites (N-methyl/N-ethyl adjacent to an activating group) is 1. The van der Waals surface area contributed by atoms with Crippen molar-refractivity contribution in [2.75, 3.05) is 32.8 Å². The molecule has 0 bridgehead atoms. The van der Waals surface area contributed by atoms with Crippen molar-refractivity contribution in [2.24, 2.45) is 10.8 Å². The zero-order valence-electron chi connectivity index (χ0n) is 22.8. The average Bonchev–Trinajstić information content (AvgIpc) is 2.84. The van der Waals surface area contributed by atoms with Crippen molar-refractivity contribution in [3.8, 4) is 6.07 Å². The molecule has 1 aromatic rings. The summed E-state index contributed by atoms with van der Waals surface area (Å²) in [5.41, 5.74) is -2.05. The lowest BCUT2D eigenvalue weighted by Gasteiger charge is -2.38. The number of carbonyl (C=O) groups excluding carboxylic acids is 2. The van der Waals surface area contributed by atoms with Crippen LogP contribution in [0.5, 0.6) is 0 Å². The maximum absolute atomic E-state index is 13.5. The Kier molecular flexibility index (Phi) is 12.7. The summed E-state index contributed by atoms with van der Waals surface area (Å²) in [5, 5.41) is 9.61. The quantitative estimate of drug-likeness (QED) is 0.193. The topological polar surface area (TPSA) is 79.6 Å². The zero-order valence-corrected chi connectivity index (χ0v) is 24.4. The predicted octanol–water partition coefficient (Wildman–Crippen LogP) is 6.18. The Morgan fingerprint density at radius 1 is 1.00 bits per heavy atom. The van der Waals surface area contributed by atoms with Crippen molar-refractivity contribution in [3.63, 3.8) is 0 Å². The molecule has 0 saturated heterocycles. The van der Waals surface area contributed by atoms with Crippen LogP contribution in [0.25, 0.3) is 0 Å². The number of rotatable bonds is 14. The van der Waals surface area contributed by atoms with E-state index in [0.717, 1.165) is 24.9 Å².